The number of carbonyl (C=O) groups excluding carboxylic acids is 1. The van der Waals surface area contributed by atoms with Crippen molar-refractivity contribution in [3.05, 3.63) is 65.0 Å². The Balaban J connectivity index is 2.15. The Kier molecular flexibility index (Phi) is 4.47. The predicted octanol–water partition coefficient (Wildman–Crippen LogP) is 3.50. The van der Waals surface area contributed by atoms with E-state index in [1.54, 1.807) is 0 Å². The van der Waals surface area contributed by atoms with Gasteiger partial charge in [-0.1, -0.05) is 0 Å². The number of halogens is 3. The average Bonchev–Trinajstić information content (AvgIpc) is 2.44. The number of ether oxygens (including phenoxy) is 1. The zero-order valence-corrected chi connectivity index (χ0v) is 11.1. The van der Waals surface area contributed by atoms with Crippen molar-refractivity contribution in [2.75, 3.05) is 12.4 Å². The lowest BCUT2D eigenvalue weighted by Gasteiger charge is -2.09. The van der Waals surface area contributed by atoms with E-state index in [-0.39, 0.29) is 12.1 Å². The highest BCUT2D eigenvalue weighted by molar-refractivity contribution is 5.90. The second-order valence-corrected chi connectivity index (χ2v) is 4.32. The Bertz CT molecular complexity index is 654. The van der Waals surface area contributed by atoms with Crippen molar-refractivity contribution in [2.24, 2.45) is 0 Å². The Morgan fingerprint density at radius 1 is 1.10 bits per heavy atom. The lowest BCUT2D eigenvalue weighted by molar-refractivity contribution is 0.0595. The van der Waals surface area contributed by atoms with Crippen LogP contribution in [0.2, 0.25) is 0 Å². The molecule has 0 aromatic heterocycles. The van der Waals surface area contributed by atoms with Gasteiger partial charge < -0.3 is 10.1 Å². The smallest absolute Gasteiger partial charge is 0.340 e. The summed E-state index contributed by atoms with van der Waals surface area (Å²) in [6.45, 7) is 0.126. The first kappa shape index (κ1) is 14.9. The molecule has 110 valence electrons. The molecular formula is C15H12F3NO2. The molecule has 0 amide bonds. The SMILES string of the molecule is COC(=O)c1cc(NCc2cc(F)cc(F)c2)ccc1F. The Morgan fingerprint density at radius 2 is 1.76 bits per heavy atom. The first-order valence-corrected chi connectivity index (χ1v) is 6.06. The summed E-state index contributed by atoms with van der Waals surface area (Å²) in [6.07, 6.45) is 0. The minimum Gasteiger partial charge on any atom is -0.465 e. The molecule has 2 aromatic rings. The van der Waals surface area contributed by atoms with Gasteiger partial charge in [-0.25, -0.2) is 18.0 Å². The van der Waals surface area contributed by atoms with Crippen LogP contribution in [0.5, 0.6) is 0 Å². The van der Waals surface area contributed by atoms with E-state index in [0.717, 1.165) is 19.2 Å². The van der Waals surface area contributed by atoms with Gasteiger partial charge in [0.1, 0.15) is 17.5 Å². The summed E-state index contributed by atoms with van der Waals surface area (Å²) in [5.41, 5.74) is 0.603. The van der Waals surface area contributed by atoms with Crippen molar-refractivity contribution in [2.45, 2.75) is 6.54 Å². The normalized spacial score (nSPS) is 10.3. The van der Waals surface area contributed by atoms with Gasteiger partial charge in [-0.05, 0) is 35.9 Å². The van der Waals surface area contributed by atoms with E-state index in [1.807, 2.05) is 0 Å². The van der Waals surface area contributed by atoms with Gasteiger partial charge in [0.25, 0.3) is 0 Å². The van der Waals surface area contributed by atoms with Crippen LogP contribution in [0.4, 0.5) is 18.9 Å². The minimum absolute atomic E-state index is 0.126. The molecule has 0 aliphatic rings. The molecule has 0 spiro atoms. The van der Waals surface area contributed by atoms with Crippen LogP contribution in [0.25, 0.3) is 0 Å². The molecule has 0 bridgehead atoms. The van der Waals surface area contributed by atoms with E-state index < -0.39 is 23.4 Å². The van der Waals surface area contributed by atoms with Gasteiger partial charge in [-0.15, -0.1) is 0 Å². The molecular weight excluding hydrogens is 283 g/mol. The van der Waals surface area contributed by atoms with Crippen molar-refractivity contribution in [1.29, 1.82) is 0 Å². The molecule has 21 heavy (non-hydrogen) atoms. The molecule has 0 radical (unpaired) electrons. The van der Waals surface area contributed by atoms with E-state index in [0.29, 0.717) is 11.3 Å². The van der Waals surface area contributed by atoms with Gasteiger partial charge in [0.2, 0.25) is 0 Å². The highest BCUT2D eigenvalue weighted by Crippen LogP contribution is 2.17. The standard InChI is InChI=1S/C15H12F3NO2/c1-21-15(20)13-7-12(2-3-14(13)18)19-8-9-4-10(16)6-11(17)5-9/h2-7,19H,8H2,1H3. The van der Waals surface area contributed by atoms with E-state index in [1.165, 1.54) is 24.3 Å². The molecule has 0 saturated heterocycles. The summed E-state index contributed by atoms with van der Waals surface area (Å²) in [7, 11) is 1.15. The van der Waals surface area contributed by atoms with Gasteiger partial charge in [-0.2, -0.15) is 0 Å². The predicted molar refractivity (Wildman–Crippen MR) is 71.4 cm³/mol. The zero-order chi connectivity index (χ0) is 15.4. The highest BCUT2D eigenvalue weighted by atomic mass is 19.1. The molecule has 0 aliphatic heterocycles. The van der Waals surface area contributed by atoms with Gasteiger partial charge >= 0.3 is 5.97 Å². The van der Waals surface area contributed by atoms with Crippen molar-refractivity contribution in [1.82, 2.24) is 0 Å². The van der Waals surface area contributed by atoms with Crippen LogP contribution >= 0.6 is 0 Å². The van der Waals surface area contributed by atoms with Crippen molar-refractivity contribution >= 4 is 11.7 Å². The lowest BCUT2D eigenvalue weighted by atomic mass is 10.1. The number of carbonyl (C=O) groups is 1. The Hall–Kier alpha value is -2.50. The summed E-state index contributed by atoms with van der Waals surface area (Å²) in [5.74, 6) is -2.86. The lowest BCUT2D eigenvalue weighted by Crippen LogP contribution is -2.06. The third-order valence-corrected chi connectivity index (χ3v) is 2.79. The van der Waals surface area contributed by atoms with Crippen LogP contribution in [0.15, 0.2) is 36.4 Å². The molecule has 0 saturated carbocycles. The van der Waals surface area contributed by atoms with Crippen LogP contribution in [0, 0.1) is 17.5 Å². The number of rotatable bonds is 4. The molecule has 1 N–H and O–H groups in total. The summed E-state index contributed by atoms with van der Waals surface area (Å²) in [6, 6.07) is 6.94. The molecule has 0 fully saturated rings. The number of anilines is 1. The second kappa shape index (κ2) is 6.30. The van der Waals surface area contributed by atoms with Crippen molar-refractivity contribution in [3.8, 4) is 0 Å². The van der Waals surface area contributed by atoms with Crippen LogP contribution in [-0.4, -0.2) is 13.1 Å². The maximum Gasteiger partial charge on any atom is 0.340 e. The van der Waals surface area contributed by atoms with Gasteiger partial charge in [0.05, 0.1) is 12.7 Å². The zero-order valence-electron chi connectivity index (χ0n) is 11.1. The Morgan fingerprint density at radius 3 is 2.38 bits per heavy atom. The highest BCUT2D eigenvalue weighted by Gasteiger charge is 2.12. The first-order valence-electron chi connectivity index (χ1n) is 6.06. The van der Waals surface area contributed by atoms with Crippen molar-refractivity contribution in [3.63, 3.8) is 0 Å². The third-order valence-electron chi connectivity index (χ3n) is 2.79. The molecule has 0 unspecified atom stereocenters. The molecule has 0 atom stereocenters. The van der Waals surface area contributed by atoms with Gasteiger partial charge in [0, 0.05) is 18.3 Å². The van der Waals surface area contributed by atoms with E-state index >= 15 is 0 Å². The number of hydrogen-bond acceptors (Lipinski definition) is 3. The summed E-state index contributed by atoms with van der Waals surface area (Å²) < 4.78 is 44.0. The monoisotopic (exact) mass is 295 g/mol. The maximum atomic E-state index is 13.4. The fraction of sp³-hybridized carbons (Fsp3) is 0.133. The van der Waals surface area contributed by atoms with Crippen molar-refractivity contribution < 1.29 is 22.7 Å². The molecule has 0 aliphatic carbocycles. The molecule has 6 heteroatoms. The quantitative estimate of drug-likeness (QED) is 0.877. The van der Waals surface area contributed by atoms with Crippen LogP contribution in [-0.2, 0) is 11.3 Å². The van der Waals surface area contributed by atoms with E-state index in [9.17, 15) is 18.0 Å². The largest absolute Gasteiger partial charge is 0.465 e. The molecule has 2 aromatic carbocycles. The summed E-state index contributed by atoms with van der Waals surface area (Å²) in [5, 5.41) is 2.85. The number of esters is 1. The molecule has 0 heterocycles. The van der Waals surface area contributed by atoms with Crippen LogP contribution in [0.3, 0.4) is 0 Å². The van der Waals surface area contributed by atoms with Crippen LogP contribution < -0.4 is 5.32 Å². The number of hydrogen-bond donors (Lipinski definition) is 1. The van der Waals surface area contributed by atoms with Gasteiger partial charge in [-0.3, -0.25) is 0 Å². The summed E-state index contributed by atoms with van der Waals surface area (Å²) >= 11 is 0. The van der Waals surface area contributed by atoms with Crippen LogP contribution in [0.1, 0.15) is 15.9 Å². The first-order chi connectivity index (χ1) is 9.99. The molecule has 2 rings (SSSR count). The fourth-order valence-corrected chi connectivity index (χ4v) is 1.82. The summed E-state index contributed by atoms with van der Waals surface area (Å²) in [4.78, 5) is 11.4. The second-order valence-electron chi connectivity index (χ2n) is 4.32. The maximum absolute atomic E-state index is 13.4. The van der Waals surface area contributed by atoms with Gasteiger partial charge in [0.15, 0.2) is 0 Å². The number of benzene rings is 2. The molecule has 3 nitrogen and oxygen atoms in total. The van der Waals surface area contributed by atoms with E-state index in [4.69, 9.17) is 0 Å². The minimum atomic E-state index is -0.798. The number of nitrogens with one attached hydrogen (secondary N) is 1. The topological polar surface area (TPSA) is 38.3 Å². The average molecular weight is 295 g/mol. The Labute approximate surface area is 119 Å². The third kappa shape index (κ3) is 3.75. The fourth-order valence-electron chi connectivity index (χ4n) is 1.82. The van der Waals surface area contributed by atoms with E-state index in [2.05, 4.69) is 10.1 Å². The number of methoxy groups -OCH3 is 1.